The van der Waals surface area contributed by atoms with Crippen LogP contribution in [0.1, 0.15) is 53.9 Å². The number of piperidine rings is 1. The highest BCUT2D eigenvalue weighted by Crippen LogP contribution is 2.40. The molecule has 0 bridgehead atoms. The van der Waals surface area contributed by atoms with Gasteiger partial charge < -0.3 is 9.47 Å². The second-order valence-corrected chi connectivity index (χ2v) is 11.2. The molecule has 2 aromatic carbocycles. The third-order valence-corrected chi connectivity index (χ3v) is 8.85. The lowest BCUT2D eigenvalue weighted by molar-refractivity contribution is -0.129. The van der Waals surface area contributed by atoms with E-state index in [4.69, 9.17) is 4.98 Å². The lowest BCUT2D eigenvalue weighted by Gasteiger charge is -2.31. The number of nitrogens with zero attached hydrogens (tertiary/aromatic N) is 5. The smallest absolute Gasteiger partial charge is 0.233 e. The number of hydrogen-bond donors (Lipinski definition) is 0. The van der Waals surface area contributed by atoms with E-state index in [0.717, 1.165) is 49.0 Å². The van der Waals surface area contributed by atoms with Crippen LogP contribution in [0.5, 0.6) is 0 Å². The highest BCUT2D eigenvalue weighted by Gasteiger charge is 2.31. The first-order chi connectivity index (χ1) is 16.7. The number of carbonyl (C=O) groups excluding carboxylic acids is 1. The Bertz CT molecular complexity index is 1260. The number of thiazole rings is 1. The van der Waals surface area contributed by atoms with Gasteiger partial charge in [0.2, 0.25) is 5.91 Å². The average Bonchev–Trinajstić information content (AvgIpc) is 3.50. The van der Waals surface area contributed by atoms with E-state index >= 15 is 0 Å². The van der Waals surface area contributed by atoms with Crippen LogP contribution >= 0.6 is 23.1 Å². The molecule has 0 unspecified atom stereocenters. The topological polar surface area (TPSA) is 63.9 Å². The number of carbonyl (C=O) groups is 1. The van der Waals surface area contributed by atoms with Gasteiger partial charge in [0.25, 0.3) is 0 Å². The molecule has 1 aliphatic carbocycles. The molecule has 0 N–H and O–H groups in total. The van der Waals surface area contributed by atoms with Crippen molar-refractivity contribution < 1.29 is 4.79 Å². The Morgan fingerprint density at radius 1 is 0.941 bits per heavy atom. The molecule has 0 radical (unpaired) electrons. The first kappa shape index (κ1) is 21.8. The summed E-state index contributed by atoms with van der Waals surface area (Å²) in [5.41, 5.74) is 2.32. The minimum absolute atomic E-state index is 0.190. The van der Waals surface area contributed by atoms with Crippen molar-refractivity contribution >= 4 is 39.2 Å². The number of aromatic nitrogens is 4. The first-order valence-corrected chi connectivity index (χ1v) is 13.8. The largest absolute Gasteiger partial charge is 0.342 e. The summed E-state index contributed by atoms with van der Waals surface area (Å²) < 4.78 is 3.46. The Kier molecular flexibility index (Phi) is 6.09. The zero-order valence-electron chi connectivity index (χ0n) is 19.0. The summed E-state index contributed by atoms with van der Waals surface area (Å²) in [5, 5.41) is 11.0. The average molecular weight is 490 g/mol. The van der Waals surface area contributed by atoms with Crippen molar-refractivity contribution in [3.05, 3.63) is 71.0 Å². The van der Waals surface area contributed by atoms with Gasteiger partial charge in [-0.05, 0) is 43.4 Å². The molecule has 1 saturated carbocycles. The maximum atomic E-state index is 13.0. The Labute approximate surface area is 207 Å². The van der Waals surface area contributed by atoms with Gasteiger partial charge in [-0.1, -0.05) is 54.2 Å². The number of hydrogen-bond acceptors (Lipinski definition) is 6. The molecule has 34 heavy (non-hydrogen) atoms. The van der Waals surface area contributed by atoms with Crippen LogP contribution in [0.25, 0.3) is 10.2 Å². The number of likely N-dealkylation sites (tertiary alicyclic amines) is 1. The van der Waals surface area contributed by atoms with Gasteiger partial charge >= 0.3 is 0 Å². The number of para-hydroxylation sites is 1. The van der Waals surface area contributed by atoms with Gasteiger partial charge in [-0.15, -0.1) is 21.5 Å². The van der Waals surface area contributed by atoms with Crippen molar-refractivity contribution in [3.8, 4) is 0 Å². The monoisotopic (exact) mass is 489 g/mol. The van der Waals surface area contributed by atoms with Crippen molar-refractivity contribution in [1.82, 2.24) is 24.6 Å². The van der Waals surface area contributed by atoms with E-state index in [0.29, 0.717) is 17.6 Å². The molecular formula is C26H27N5OS2. The molecule has 174 valence electrons. The van der Waals surface area contributed by atoms with E-state index in [1.54, 1.807) is 11.3 Å². The molecular weight excluding hydrogens is 462 g/mol. The summed E-state index contributed by atoms with van der Waals surface area (Å²) in [6.45, 7) is 2.35. The molecule has 2 fully saturated rings. The van der Waals surface area contributed by atoms with Crippen LogP contribution in [-0.4, -0.2) is 49.4 Å². The van der Waals surface area contributed by atoms with Crippen molar-refractivity contribution in [3.63, 3.8) is 0 Å². The highest BCUT2D eigenvalue weighted by atomic mass is 32.2. The van der Waals surface area contributed by atoms with Crippen molar-refractivity contribution in [2.24, 2.45) is 0 Å². The van der Waals surface area contributed by atoms with Crippen LogP contribution in [-0.2, 0) is 11.3 Å². The van der Waals surface area contributed by atoms with E-state index in [1.165, 1.54) is 39.9 Å². The molecule has 8 heteroatoms. The van der Waals surface area contributed by atoms with Crippen molar-refractivity contribution in [2.75, 3.05) is 18.8 Å². The number of rotatable bonds is 7. The minimum atomic E-state index is 0.190. The van der Waals surface area contributed by atoms with E-state index < -0.39 is 0 Å². The molecule has 3 heterocycles. The molecule has 6 rings (SSSR count). The van der Waals surface area contributed by atoms with Crippen LogP contribution in [0.3, 0.4) is 0 Å². The number of thioether (sulfide) groups is 1. The summed E-state index contributed by atoms with van der Waals surface area (Å²) in [4.78, 5) is 19.9. The van der Waals surface area contributed by atoms with E-state index in [9.17, 15) is 4.79 Å². The second-order valence-electron chi connectivity index (χ2n) is 9.15. The number of amides is 1. The molecule has 1 amide bonds. The Morgan fingerprint density at radius 3 is 2.47 bits per heavy atom. The minimum Gasteiger partial charge on any atom is -0.342 e. The maximum absolute atomic E-state index is 13.0. The van der Waals surface area contributed by atoms with Crippen LogP contribution < -0.4 is 0 Å². The van der Waals surface area contributed by atoms with Crippen molar-refractivity contribution in [1.29, 1.82) is 0 Å². The summed E-state index contributed by atoms with van der Waals surface area (Å²) in [5.74, 6) is 2.63. The standard InChI is InChI=1S/C26H27N5OS2/c32-23(30-14-12-20(13-15-30)25-27-21-8-4-5-9-22(21)34-25)17-33-26-29-28-24(19-10-11-19)31(26)16-18-6-2-1-3-7-18/h1-9,19-20H,10-17H2. The van der Waals surface area contributed by atoms with E-state index in [1.807, 2.05) is 17.0 Å². The normalized spacial score (nSPS) is 16.9. The lowest BCUT2D eigenvalue weighted by Crippen LogP contribution is -2.39. The third-order valence-electron chi connectivity index (χ3n) is 6.70. The van der Waals surface area contributed by atoms with Gasteiger partial charge in [-0.2, -0.15) is 0 Å². The summed E-state index contributed by atoms with van der Waals surface area (Å²) in [6.07, 6.45) is 4.32. The number of fused-ring (bicyclic) bond motifs is 1. The molecule has 1 saturated heterocycles. The quantitative estimate of drug-likeness (QED) is 0.329. The fourth-order valence-electron chi connectivity index (χ4n) is 4.62. The van der Waals surface area contributed by atoms with Gasteiger partial charge in [-0.3, -0.25) is 4.79 Å². The third kappa shape index (κ3) is 4.61. The zero-order valence-corrected chi connectivity index (χ0v) is 20.6. The Balaban J connectivity index is 1.07. The predicted octanol–water partition coefficient (Wildman–Crippen LogP) is 5.31. The van der Waals surface area contributed by atoms with E-state index in [-0.39, 0.29) is 5.91 Å². The Morgan fingerprint density at radius 2 is 1.71 bits per heavy atom. The van der Waals surface area contributed by atoms with Crippen LogP contribution in [0.4, 0.5) is 0 Å². The predicted molar refractivity (Wildman–Crippen MR) is 136 cm³/mol. The molecule has 2 aromatic heterocycles. The van der Waals surface area contributed by atoms with Crippen LogP contribution in [0.2, 0.25) is 0 Å². The zero-order chi connectivity index (χ0) is 22.9. The van der Waals surface area contributed by atoms with Gasteiger partial charge in [0, 0.05) is 24.9 Å². The first-order valence-electron chi connectivity index (χ1n) is 12.0. The SMILES string of the molecule is O=C(CSc1nnc(C2CC2)n1Cc1ccccc1)N1CCC(c2nc3ccccc3s2)CC1. The summed E-state index contributed by atoms with van der Waals surface area (Å²) in [6, 6.07) is 18.7. The fourth-order valence-corrected chi connectivity index (χ4v) is 6.61. The molecule has 6 nitrogen and oxygen atoms in total. The molecule has 4 aromatic rings. The highest BCUT2D eigenvalue weighted by molar-refractivity contribution is 7.99. The fraction of sp³-hybridized carbons (Fsp3) is 0.385. The maximum Gasteiger partial charge on any atom is 0.233 e. The van der Waals surface area contributed by atoms with Gasteiger partial charge in [0.15, 0.2) is 5.16 Å². The van der Waals surface area contributed by atoms with Crippen LogP contribution in [0.15, 0.2) is 59.8 Å². The molecule has 1 aliphatic heterocycles. The van der Waals surface area contributed by atoms with Gasteiger partial charge in [-0.25, -0.2) is 4.98 Å². The molecule has 0 spiro atoms. The second kappa shape index (κ2) is 9.50. The number of benzene rings is 2. The Hall–Kier alpha value is -2.71. The lowest BCUT2D eigenvalue weighted by atomic mass is 9.97. The summed E-state index contributed by atoms with van der Waals surface area (Å²) in [7, 11) is 0. The van der Waals surface area contributed by atoms with Crippen LogP contribution in [0, 0.1) is 0 Å². The van der Waals surface area contributed by atoms with Gasteiger partial charge in [0.1, 0.15) is 5.82 Å². The van der Waals surface area contributed by atoms with Crippen molar-refractivity contribution in [2.45, 2.75) is 49.2 Å². The van der Waals surface area contributed by atoms with Gasteiger partial charge in [0.05, 0.1) is 27.5 Å². The summed E-state index contributed by atoms with van der Waals surface area (Å²) >= 11 is 3.32. The molecule has 2 aliphatic rings. The van der Waals surface area contributed by atoms with E-state index in [2.05, 4.69) is 57.2 Å². The molecule has 0 atom stereocenters.